The topological polar surface area (TPSA) is 59.1 Å². The molecule has 3 heterocycles. The molecule has 0 aliphatic carbocycles. The Kier molecular flexibility index (Phi) is 5.34. The largest absolute Gasteiger partial charge is 0.497 e. The molecule has 0 saturated carbocycles. The summed E-state index contributed by atoms with van der Waals surface area (Å²) in [5.41, 5.74) is 6.45. The second kappa shape index (κ2) is 8.29. The third-order valence-corrected chi connectivity index (χ3v) is 6.99. The lowest BCUT2D eigenvalue weighted by Crippen LogP contribution is -2.24. The lowest BCUT2D eigenvalue weighted by atomic mass is 9.93. The van der Waals surface area contributed by atoms with Crippen molar-refractivity contribution in [2.45, 2.75) is 32.9 Å². The molecule has 6 heteroatoms. The molecule has 5 nitrogen and oxygen atoms in total. The summed E-state index contributed by atoms with van der Waals surface area (Å²) >= 11 is 1.79. The molecular weight excluding hydrogens is 404 g/mol. The van der Waals surface area contributed by atoms with Crippen LogP contribution in [-0.2, 0) is 13.0 Å². The number of hydrogen-bond donors (Lipinski definition) is 2. The van der Waals surface area contributed by atoms with Gasteiger partial charge in [0.1, 0.15) is 17.4 Å². The van der Waals surface area contributed by atoms with Crippen LogP contribution in [0.1, 0.15) is 34.8 Å². The molecule has 2 aromatic heterocycles. The minimum Gasteiger partial charge on any atom is -0.497 e. The van der Waals surface area contributed by atoms with Gasteiger partial charge in [0, 0.05) is 16.8 Å². The number of rotatable bonds is 5. The lowest BCUT2D eigenvalue weighted by molar-refractivity contribution is 0.415. The summed E-state index contributed by atoms with van der Waals surface area (Å²) in [6.07, 6.45) is 1.10. The molecule has 5 rings (SSSR count). The monoisotopic (exact) mass is 430 g/mol. The van der Waals surface area contributed by atoms with Crippen molar-refractivity contribution in [3.63, 3.8) is 0 Å². The number of nitrogens with one attached hydrogen (secondary N) is 2. The zero-order valence-corrected chi connectivity index (χ0v) is 18.8. The van der Waals surface area contributed by atoms with Gasteiger partial charge in [-0.05, 0) is 78.7 Å². The smallest absolute Gasteiger partial charge is 0.138 e. The first-order chi connectivity index (χ1) is 15.1. The van der Waals surface area contributed by atoms with Crippen LogP contribution in [0, 0.1) is 6.92 Å². The first-order valence-electron chi connectivity index (χ1n) is 10.6. The Morgan fingerprint density at radius 2 is 2.06 bits per heavy atom. The number of aromatic nitrogens is 2. The molecule has 158 valence electrons. The van der Waals surface area contributed by atoms with E-state index in [0.29, 0.717) is 0 Å². The van der Waals surface area contributed by atoms with E-state index in [-0.39, 0.29) is 6.04 Å². The fourth-order valence-corrected chi connectivity index (χ4v) is 5.16. The first-order valence-corrected chi connectivity index (χ1v) is 11.5. The summed E-state index contributed by atoms with van der Waals surface area (Å²) < 4.78 is 5.41. The maximum Gasteiger partial charge on any atom is 0.138 e. The van der Waals surface area contributed by atoms with Crippen molar-refractivity contribution in [1.29, 1.82) is 0 Å². The molecule has 0 bridgehead atoms. The second-order valence-electron chi connectivity index (χ2n) is 7.98. The number of nitrogens with zero attached hydrogens (tertiary/aromatic N) is 2. The number of hydrogen-bond acceptors (Lipinski definition) is 6. The highest BCUT2D eigenvalue weighted by Crippen LogP contribution is 2.35. The summed E-state index contributed by atoms with van der Waals surface area (Å²) in [6.45, 7) is 6.11. The summed E-state index contributed by atoms with van der Waals surface area (Å²) in [5.74, 6) is 2.39. The zero-order chi connectivity index (χ0) is 21.4. The molecule has 1 atom stereocenters. The summed E-state index contributed by atoms with van der Waals surface area (Å²) in [4.78, 5) is 10.5. The van der Waals surface area contributed by atoms with Gasteiger partial charge in [-0.1, -0.05) is 18.2 Å². The van der Waals surface area contributed by atoms with E-state index in [9.17, 15) is 0 Å². The fourth-order valence-electron chi connectivity index (χ4n) is 4.24. The highest BCUT2D eigenvalue weighted by atomic mass is 32.1. The number of fused-ring (bicyclic) bond motifs is 2. The van der Waals surface area contributed by atoms with Gasteiger partial charge in [-0.25, -0.2) is 9.97 Å². The minimum atomic E-state index is 0.125. The van der Waals surface area contributed by atoms with Crippen molar-refractivity contribution in [3.8, 4) is 16.9 Å². The van der Waals surface area contributed by atoms with Crippen molar-refractivity contribution >= 4 is 28.1 Å². The Labute approximate surface area is 186 Å². The standard InChI is InChI=1S/C25H26N4OS/c1-15(27-25-21-12-19(30-3)7-8-23(21)28-16(2)29-25)24-11-18(14-31-24)20-6-4-5-17-9-10-26-13-22(17)20/h4-8,11-12,14-15,26H,9-10,13H2,1-3H3,(H,27,28,29). The fraction of sp³-hybridized carbons (Fsp3) is 0.280. The summed E-state index contributed by atoms with van der Waals surface area (Å²) in [5, 5.41) is 10.4. The van der Waals surface area contributed by atoms with Crippen LogP contribution < -0.4 is 15.4 Å². The van der Waals surface area contributed by atoms with Gasteiger partial charge in [-0.3, -0.25) is 0 Å². The lowest BCUT2D eigenvalue weighted by Gasteiger charge is -2.20. The molecule has 1 unspecified atom stereocenters. The van der Waals surface area contributed by atoms with Crippen LogP contribution in [0.5, 0.6) is 5.75 Å². The maximum absolute atomic E-state index is 5.41. The molecule has 0 saturated heterocycles. The van der Waals surface area contributed by atoms with E-state index in [4.69, 9.17) is 4.74 Å². The first kappa shape index (κ1) is 20.0. The Morgan fingerprint density at radius 1 is 1.16 bits per heavy atom. The van der Waals surface area contributed by atoms with Crippen LogP contribution in [0.2, 0.25) is 0 Å². The van der Waals surface area contributed by atoms with Gasteiger partial charge in [0.2, 0.25) is 0 Å². The molecule has 0 fully saturated rings. The zero-order valence-electron chi connectivity index (χ0n) is 18.0. The van der Waals surface area contributed by atoms with E-state index in [1.54, 1.807) is 18.4 Å². The summed E-state index contributed by atoms with van der Waals surface area (Å²) in [7, 11) is 1.68. The molecular formula is C25H26N4OS. The van der Waals surface area contributed by atoms with Crippen molar-refractivity contribution in [2.24, 2.45) is 0 Å². The number of thiophene rings is 1. The molecule has 31 heavy (non-hydrogen) atoms. The number of methoxy groups -OCH3 is 1. The Morgan fingerprint density at radius 3 is 2.94 bits per heavy atom. The molecule has 0 spiro atoms. The number of anilines is 1. The predicted octanol–water partition coefficient (Wildman–Crippen LogP) is 5.49. The van der Waals surface area contributed by atoms with Crippen LogP contribution in [0.15, 0.2) is 47.8 Å². The van der Waals surface area contributed by atoms with Gasteiger partial charge in [0.15, 0.2) is 0 Å². The molecule has 2 aromatic carbocycles. The van der Waals surface area contributed by atoms with Crippen LogP contribution in [0.3, 0.4) is 0 Å². The van der Waals surface area contributed by atoms with Gasteiger partial charge in [0.25, 0.3) is 0 Å². The average Bonchev–Trinajstić information content (AvgIpc) is 3.28. The van der Waals surface area contributed by atoms with Gasteiger partial charge < -0.3 is 15.4 Å². The molecule has 1 aliphatic rings. The molecule has 0 radical (unpaired) electrons. The molecule has 2 N–H and O–H groups in total. The van der Waals surface area contributed by atoms with Crippen LogP contribution in [-0.4, -0.2) is 23.6 Å². The van der Waals surface area contributed by atoms with Crippen molar-refractivity contribution in [1.82, 2.24) is 15.3 Å². The van der Waals surface area contributed by atoms with E-state index in [1.165, 1.54) is 27.1 Å². The van der Waals surface area contributed by atoms with Gasteiger partial charge in [0.05, 0.1) is 18.7 Å². The maximum atomic E-state index is 5.41. The quantitative estimate of drug-likeness (QED) is 0.438. The van der Waals surface area contributed by atoms with Crippen molar-refractivity contribution < 1.29 is 4.74 Å². The van der Waals surface area contributed by atoms with Crippen LogP contribution >= 0.6 is 11.3 Å². The Hall–Kier alpha value is -2.96. The van der Waals surface area contributed by atoms with Gasteiger partial charge in [-0.15, -0.1) is 11.3 Å². The van der Waals surface area contributed by atoms with E-state index in [2.05, 4.69) is 57.2 Å². The molecule has 4 aromatic rings. The van der Waals surface area contributed by atoms with Gasteiger partial charge >= 0.3 is 0 Å². The van der Waals surface area contributed by atoms with Crippen LogP contribution in [0.25, 0.3) is 22.0 Å². The van der Waals surface area contributed by atoms with E-state index < -0.39 is 0 Å². The Bertz CT molecular complexity index is 1250. The van der Waals surface area contributed by atoms with E-state index in [1.807, 2.05) is 25.1 Å². The van der Waals surface area contributed by atoms with E-state index >= 15 is 0 Å². The highest BCUT2D eigenvalue weighted by Gasteiger charge is 2.17. The molecule has 1 aliphatic heterocycles. The Balaban J connectivity index is 1.45. The van der Waals surface area contributed by atoms with Gasteiger partial charge in [-0.2, -0.15) is 0 Å². The number of benzene rings is 2. The highest BCUT2D eigenvalue weighted by molar-refractivity contribution is 7.10. The van der Waals surface area contributed by atoms with Crippen molar-refractivity contribution in [3.05, 3.63) is 69.7 Å². The van der Waals surface area contributed by atoms with Crippen molar-refractivity contribution in [2.75, 3.05) is 19.0 Å². The minimum absolute atomic E-state index is 0.125. The number of aryl methyl sites for hydroxylation is 1. The predicted molar refractivity (Wildman–Crippen MR) is 128 cm³/mol. The SMILES string of the molecule is COc1ccc2nc(C)nc(NC(C)c3cc(-c4cccc5c4CNCC5)cs3)c2c1. The molecule has 0 amide bonds. The van der Waals surface area contributed by atoms with E-state index in [0.717, 1.165) is 47.8 Å². The number of ether oxygens (including phenoxy) is 1. The third-order valence-electron chi connectivity index (χ3n) is 5.87. The summed E-state index contributed by atoms with van der Waals surface area (Å²) in [6, 6.07) is 15.0. The average molecular weight is 431 g/mol. The third kappa shape index (κ3) is 3.89. The van der Waals surface area contributed by atoms with Crippen LogP contribution in [0.4, 0.5) is 5.82 Å². The second-order valence-corrected chi connectivity index (χ2v) is 8.92. The normalized spacial score (nSPS) is 14.3.